The Bertz CT molecular complexity index is 972. The lowest BCUT2D eigenvalue weighted by atomic mass is 9.94. The quantitative estimate of drug-likeness (QED) is 0.493. The lowest BCUT2D eigenvalue weighted by Crippen LogP contribution is -2.28. The van der Waals surface area contributed by atoms with Crippen LogP contribution in [0.4, 0.5) is 0 Å². The third-order valence-electron chi connectivity index (χ3n) is 4.53. The van der Waals surface area contributed by atoms with E-state index < -0.39 is 18.1 Å². The molecule has 0 spiro atoms. The van der Waals surface area contributed by atoms with Gasteiger partial charge in [-0.05, 0) is 61.1 Å². The van der Waals surface area contributed by atoms with Gasteiger partial charge in [0.15, 0.2) is 0 Å². The topological polar surface area (TPSA) is 115 Å². The van der Waals surface area contributed by atoms with Crippen LogP contribution in [0.3, 0.4) is 0 Å². The van der Waals surface area contributed by atoms with Crippen LogP contribution in [0, 0.1) is 0 Å². The number of aliphatic hydroxyl groups is 1. The van der Waals surface area contributed by atoms with Crippen LogP contribution in [-0.2, 0) is 18.1 Å². The average molecular weight is 492 g/mol. The zero-order valence-corrected chi connectivity index (χ0v) is 19.1. The van der Waals surface area contributed by atoms with Crippen molar-refractivity contribution >= 4 is 51.6 Å². The first-order chi connectivity index (χ1) is 13.9. The summed E-state index contributed by atoms with van der Waals surface area (Å²) in [5.41, 5.74) is 7.14. The van der Waals surface area contributed by atoms with Crippen LogP contribution in [0.5, 0.6) is 0 Å². The van der Waals surface area contributed by atoms with Crippen molar-refractivity contribution in [2.75, 3.05) is 0 Å². The van der Waals surface area contributed by atoms with E-state index in [1.54, 1.807) is 36.4 Å². The molecule has 0 aliphatic heterocycles. The van der Waals surface area contributed by atoms with Crippen molar-refractivity contribution in [3.05, 3.63) is 59.7 Å². The van der Waals surface area contributed by atoms with E-state index in [1.165, 1.54) is 24.3 Å². The molecule has 0 atom stereocenters. The first kappa shape index (κ1) is 24.8. The van der Waals surface area contributed by atoms with Gasteiger partial charge in [0, 0.05) is 27.4 Å². The molecule has 164 valence electrons. The van der Waals surface area contributed by atoms with Gasteiger partial charge in [0.05, 0.1) is 15.9 Å². The fourth-order valence-electron chi connectivity index (χ4n) is 2.78. The SMILES string of the molecule is NC1CCC(O)CC1.O=S(=O)(Cl)c1ccc(C=Cc2ccc(S(=O)(=O)Cl)cc2)cc1. The predicted octanol–water partition coefficient (Wildman–Crippen LogP) is 3.96. The molecule has 0 amide bonds. The molecule has 3 rings (SSSR count). The molecule has 3 N–H and O–H groups in total. The average Bonchev–Trinajstić information content (AvgIpc) is 2.68. The van der Waals surface area contributed by atoms with E-state index in [2.05, 4.69) is 0 Å². The summed E-state index contributed by atoms with van der Waals surface area (Å²) in [5, 5.41) is 8.97. The van der Waals surface area contributed by atoms with Gasteiger partial charge in [-0.1, -0.05) is 36.4 Å². The molecule has 0 saturated heterocycles. The standard InChI is InChI=1S/C14H10Cl2O4S2.C6H13NO/c15-21(17,18)13-7-3-11(4-8-13)1-2-12-5-9-14(10-6-12)22(16,19)20;7-5-1-3-6(8)4-2-5/h1-10H;5-6,8H,1-4,7H2. The highest BCUT2D eigenvalue weighted by Gasteiger charge is 2.15. The number of benzene rings is 2. The molecule has 30 heavy (non-hydrogen) atoms. The number of hydrogen-bond donors (Lipinski definition) is 2. The van der Waals surface area contributed by atoms with Gasteiger partial charge < -0.3 is 10.8 Å². The molecule has 2 aromatic carbocycles. The molecule has 0 heterocycles. The Labute approximate surface area is 186 Å². The van der Waals surface area contributed by atoms with E-state index >= 15 is 0 Å². The van der Waals surface area contributed by atoms with Crippen LogP contribution in [-0.4, -0.2) is 34.1 Å². The van der Waals surface area contributed by atoms with E-state index in [0.29, 0.717) is 6.04 Å². The van der Waals surface area contributed by atoms with Crippen molar-refractivity contribution < 1.29 is 21.9 Å². The van der Waals surface area contributed by atoms with Crippen LogP contribution < -0.4 is 5.73 Å². The molecule has 6 nitrogen and oxygen atoms in total. The summed E-state index contributed by atoms with van der Waals surface area (Å²) in [4.78, 5) is 0.0611. The summed E-state index contributed by atoms with van der Waals surface area (Å²) in [6, 6.07) is 12.4. The maximum absolute atomic E-state index is 11.1. The second-order valence-electron chi connectivity index (χ2n) is 6.92. The third-order valence-corrected chi connectivity index (χ3v) is 7.27. The van der Waals surface area contributed by atoms with Crippen molar-refractivity contribution in [1.82, 2.24) is 0 Å². The van der Waals surface area contributed by atoms with Gasteiger partial charge >= 0.3 is 0 Å². The highest BCUT2D eigenvalue weighted by Crippen LogP contribution is 2.19. The van der Waals surface area contributed by atoms with Crippen LogP contribution in [0.2, 0.25) is 0 Å². The van der Waals surface area contributed by atoms with Crippen molar-refractivity contribution in [2.24, 2.45) is 5.73 Å². The zero-order chi connectivity index (χ0) is 22.4. The van der Waals surface area contributed by atoms with Gasteiger partial charge in [-0.2, -0.15) is 0 Å². The number of hydrogen-bond acceptors (Lipinski definition) is 6. The third kappa shape index (κ3) is 8.37. The highest BCUT2D eigenvalue weighted by molar-refractivity contribution is 8.14. The molecule has 1 aliphatic rings. The van der Waals surface area contributed by atoms with Crippen molar-refractivity contribution in [1.29, 1.82) is 0 Å². The zero-order valence-electron chi connectivity index (χ0n) is 16.0. The van der Waals surface area contributed by atoms with Gasteiger partial charge in [0.1, 0.15) is 0 Å². The van der Waals surface area contributed by atoms with E-state index in [1.807, 2.05) is 0 Å². The Morgan fingerprint density at radius 1 is 0.733 bits per heavy atom. The molecular weight excluding hydrogens is 469 g/mol. The maximum Gasteiger partial charge on any atom is 0.261 e. The Balaban J connectivity index is 0.000000335. The number of nitrogens with two attached hydrogens (primary N) is 1. The number of aliphatic hydroxyl groups excluding tert-OH is 1. The Morgan fingerprint density at radius 3 is 1.33 bits per heavy atom. The van der Waals surface area contributed by atoms with Crippen LogP contribution in [0.1, 0.15) is 36.8 Å². The van der Waals surface area contributed by atoms with Gasteiger partial charge in [-0.25, -0.2) is 16.8 Å². The molecule has 0 unspecified atom stereocenters. The van der Waals surface area contributed by atoms with E-state index in [-0.39, 0.29) is 15.9 Å². The fraction of sp³-hybridized carbons (Fsp3) is 0.300. The minimum absolute atomic E-state index is 0.0305. The summed E-state index contributed by atoms with van der Waals surface area (Å²) in [7, 11) is 3.01. The molecule has 0 bridgehead atoms. The first-order valence-corrected chi connectivity index (χ1v) is 13.8. The Hall–Kier alpha value is -1.42. The van der Waals surface area contributed by atoms with Crippen molar-refractivity contribution in [3.63, 3.8) is 0 Å². The maximum atomic E-state index is 11.1. The van der Waals surface area contributed by atoms with Gasteiger partial charge in [-0.15, -0.1) is 0 Å². The molecular formula is C20H23Cl2NO5S2. The van der Waals surface area contributed by atoms with E-state index in [0.717, 1.165) is 36.8 Å². The monoisotopic (exact) mass is 491 g/mol. The number of halogens is 2. The minimum Gasteiger partial charge on any atom is -0.393 e. The van der Waals surface area contributed by atoms with Crippen molar-refractivity contribution in [3.8, 4) is 0 Å². The van der Waals surface area contributed by atoms with Gasteiger partial charge in [-0.3, -0.25) is 0 Å². The predicted molar refractivity (Wildman–Crippen MR) is 120 cm³/mol. The van der Waals surface area contributed by atoms with Crippen LogP contribution >= 0.6 is 21.4 Å². The second-order valence-corrected chi connectivity index (χ2v) is 12.0. The van der Waals surface area contributed by atoms with Crippen molar-refractivity contribution in [2.45, 2.75) is 47.6 Å². The minimum atomic E-state index is -3.73. The van der Waals surface area contributed by atoms with Crippen LogP contribution in [0.25, 0.3) is 12.2 Å². The molecule has 1 fully saturated rings. The smallest absolute Gasteiger partial charge is 0.261 e. The normalized spacial score (nSPS) is 19.9. The summed E-state index contributed by atoms with van der Waals surface area (Å²) in [5.74, 6) is 0. The Kier molecular flexibility index (Phi) is 8.90. The summed E-state index contributed by atoms with van der Waals surface area (Å²) >= 11 is 0. The summed E-state index contributed by atoms with van der Waals surface area (Å²) in [6.45, 7) is 0. The fourth-order valence-corrected chi connectivity index (χ4v) is 4.32. The van der Waals surface area contributed by atoms with Gasteiger partial charge in [0.25, 0.3) is 18.1 Å². The molecule has 0 radical (unpaired) electrons. The molecule has 1 aliphatic carbocycles. The van der Waals surface area contributed by atoms with E-state index in [4.69, 9.17) is 32.2 Å². The second kappa shape index (κ2) is 10.7. The highest BCUT2D eigenvalue weighted by atomic mass is 35.7. The Morgan fingerprint density at radius 2 is 1.07 bits per heavy atom. The molecule has 10 heteroatoms. The summed E-state index contributed by atoms with van der Waals surface area (Å²) < 4.78 is 44.5. The van der Waals surface area contributed by atoms with Gasteiger partial charge in [0.2, 0.25) is 0 Å². The number of rotatable bonds is 4. The molecule has 2 aromatic rings. The van der Waals surface area contributed by atoms with Crippen LogP contribution in [0.15, 0.2) is 58.3 Å². The lowest BCUT2D eigenvalue weighted by molar-refractivity contribution is 0.123. The first-order valence-electron chi connectivity index (χ1n) is 9.16. The largest absolute Gasteiger partial charge is 0.393 e. The molecule has 1 saturated carbocycles. The summed E-state index contributed by atoms with van der Waals surface area (Å²) in [6.07, 6.45) is 7.27. The van der Waals surface area contributed by atoms with E-state index in [9.17, 15) is 16.8 Å². The molecule has 0 aromatic heterocycles. The lowest BCUT2D eigenvalue weighted by Gasteiger charge is -2.21.